The van der Waals surface area contributed by atoms with E-state index in [2.05, 4.69) is 5.32 Å². The van der Waals surface area contributed by atoms with E-state index >= 15 is 0 Å². The summed E-state index contributed by atoms with van der Waals surface area (Å²) < 4.78 is 5.68. The van der Waals surface area contributed by atoms with E-state index in [-0.39, 0.29) is 24.3 Å². The van der Waals surface area contributed by atoms with Crippen LogP contribution in [0.2, 0.25) is 0 Å². The van der Waals surface area contributed by atoms with Crippen LogP contribution in [0.4, 0.5) is 0 Å². The lowest BCUT2D eigenvalue weighted by molar-refractivity contribution is -0.221. The smallest absolute Gasteiger partial charge is 0.235 e. The van der Waals surface area contributed by atoms with Gasteiger partial charge < -0.3 is 30.5 Å². The highest BCUT2D eigenvalue weighted by Gasteiger charge is 2.51. The van der Waals surface area contributed by atoms with E-state index in [9.17, 15) is 25.2 Å². The molecule has 7 atom stereocenters. The van der Waals surface area contributed by atoms with Gasteiger partial charge in [0.2, 0.25) is 5.91 Å². The molecule has 6 unspecified atom stereocenters. The number of carbonyl (C=O) groups is 1. The van der Waals surface area contributed by atoms with Gasteiger partial charge in [0.05, 0.1) is 18.8 Å². The molecule has 1 aliphatic heterocycles. The Morgan fingerprint density at radius 3 is 2.38 bits per heavy atom. The second-order valence-electron chi connectivity index (χ2n) is 5.71. The molecule has 1 saturated carbocycles. The molecular weight excluding hydrogens is 302 g/mol. The Balaban J connectivity index is 2.16. The van der Waals surface area contributed by atoms with Crippen LogP contribution in [0.15, 0.2) is 0 Å². The maximum absolute atomic E-state index is 11.5. The Hall–Kier alpha value is -0.440. The molecule has 0 bridgehead atoms. The van der Waals surface area contributed by atoms with E-state index in [1.165, 1.54) is 0 Å². The predicted octanol–water partition coefficient (Wildman–Crippen LogP) is -1.79. The van der Waals surface area contributed by atoms with E-state index < -0.39 is 43.0 Å². The zero-order chi connectivity index (χ0) is 15.6. The molecule has 122 valence electrons. The fourth-order valence-corrected chi connectivity index (χ4v) is 3.24. The Morgan fingerprint density at radius 1 is 1.19 bits per heavy atom. The van der Waals surface area contributed by atoms with Gasteiger partial charge in [-0.25, -0.2) is 0 Å². The molecule has 0 radical (unpaired) electrons. The number of hydrogen-bond donors (Lipinski definition) is 5. The number of amides is 1. The molecule has 0 aromatic heterocycles. The van der Waals surface area contributed by atoms with E-state index in [0.29, 0.717) is 0 Å². The summed E-state index contributed by atoms with van der Waals surface area (Å²) in [6.07, 6.45) is -2.38. The molecule has 2 fully saturated rings. The highest BCUT2D eigenvalue weighted by atomic mass is 35.5. The quantitative estimate of drug-likeness (QED) is 0.381. The van der Waals surface area contributed by atoms with E-state index in [4.69, 9.17) is 16.3 Å². The van der Waals surface area contributed by atoms with Crippen molar-refractivity contribution < 1.29 is 30.0 Å². The van der Waals surface area contributed by atoms with Crippen LogP contribution in [0.3, 0.4) is 0 Å². The summed E-state index contributed by atoms with van der Waals surface area (Å²) in [5, 5.41) is 41.3. The lowest BCUT2D eigenvalue weighted by atomic mass is 9.67. The first-order chi connectivity index (χ1) is 10.0. The molecule has 7 nitrogen and oxygen atoms in total. The first-order valence-corrected chi connectivity index (χ1v) is 7.65. The van der Waals surface area contributed by atoms with Crippen molar-refractivity contribution in [2.24, 2.45) is 11.8 Å². The van der Waals surface area contributed by atoms with E-state index in [1.54, 1.807) is 0 Å². The standard InChI is InChI=1S/C13H22ClNO6/c14-3-9(18)15-10-12(20)11(19)8(5-17)21-13(10)7-2-1-6(7)4-16/h6-8,10-13,16-17,19-20H,1-5H2,(H,15,18)/t6?,7?,8?,10?,11?,12?,13-/m0/s1. The molecule has 1 heterocycles. The topological polar surface area (TPSA) is 119 Å². The largest absolute Gasteiger partial charge is 0.396 e. The number of carbonyl (C=O) groups excluding carboxylic acids is 1. The van der Waals surface area contributed by atoms with Gasteiger partial charge >= 0.3 is 0 Å². The summed E-state index contributed by atoms with van der Waals surface area (Å²) in [7, 11) is 0. The molecule has 5 N–H and O–H groups in total. The molecule has 21 heavy (non-hydrogen) atoms. The number of nitrogens with one attached hydrogen (secondary N) is 1. The molecule has 0 aromatic carbocycles. The van der Waals surface area contributed by atoms with Crippen LogP contribution in [-0.4, -0.2) is 75.9 Å². The highest BCUT2D eigenvalue weighted by molar-refractivity contribution is 6.27. The summed E-state index contributed by atoms with van der Waals surface area (Å²) >= 11 is 5.47. The van der Waals surface area contributed by atoms with Gasteiger partial charge in [-0.05, 0) is 24.7 Å². The van der Waals surface area contributed by atoms with Crippen LogP contribution < -0.4 is 5.32 Å². The summed E-state index contributed by atoms with van der Waals surface area (Å²) in [6, 6.07) is -0.812. The van der Waals surface area contributed by atoms with Crippen molar-refractivity contribution in [1.82, 2.24) is 5.32 Å². The van der Waals surface area contributed by atoms with Crippen molar-refractivity contribution in [3.8, 4) is 0 Å². The minimum absolute atomic E-state index is 0.00311. The van der Waals surface area contributed by atoms with Crippen molar-refractivity contribution in [2.45, 2.75) is 43.3 Å². The average Bonchev–Trinajstić information content (AvgIpc) is 2.45. The first-order valence-electron chi connectivity index (χ1n) is 7.12. The number of hydrogen-bond acceptors (Lipinski definition) is 6. The van der Waals surface area contributed by atoms with Crippen molar-refractivity contribution >= 4 is 17.5 Å². The van der Waals surface area contributed by atoms with Gasteiger partial charge in [0.15, 0.2) is 0 Å². The van der Waals surface area contributed by atoms with Gasteiger partial charge in [-0.15, -0.1) is 11.6 Å². The van der Waals surface area contributed by atoms with Crippen molar-refractivity contribution in [3.63, 3.8) is 0 Å². The van der Waals surface area contributed by atoms with Gasteiger partial charge in [0.25, 0.3) is 0 Å². The van der Waals surface area contributed by atoms with Crippen LogP contribution in [0, 0.1) is 11.8 Å². The number of aliphatic hydroxyl groups excluding tert-OH is 4. The minimum Gasteiger partial charge on any atom is -0.396 e. The maximum Gasteiger partial charge on any atom is 0.235 e. The van der Waals surface area contributed by atoms with Gasteiger partial charge in [-0.3, -0.25) is 4.79 Å². The van der Waals surface area contributed by atoms with Crippen LogP contribution in [-0.2, 0) is 9.53 Å². The van der Waals surface area contributed by atoms with Gasteiger partial charge in [-0.2, -0.15) is 0 Å². The first kappa shape index (κ1) is 16.9. The van der Waals surface area contributed by atoms with E-state index in [1.807, 2.05) is 0 Å². The van der Waals surface area contributed by atoms with Gasteiger partial charge in [0, 0.05) is 6.61 Å². The minimum atomic E-state index is -1.29. The average molecular weight is 324 g/mol. The predicted molar refractivity (Wildman–Crippen MR) is 73.7 cm³/mol. The van der Waals surface area contributed by atoms with Crippen LogP contribution in [0.1, 0.15) is 12.8 Å². The summed E-state index contributed by atoms with van der Waals surface area (Å²) in [6.45, 7) is -0.426. The Bertz CT molecular complexity index is 369. The zero-order valence-corrected chi connectivity index (χ0v) is 12.3. The van der Waals surface area contributed by atoms with E-state index in [0.717, 1.165) is 12.8 Å². The summed E-state index contributed by atoms with van der Waals surface area (Å²) in [5.74, 6) is -0.730. The van der Waals surface area contributed by atoms with Crippen LogP contribution in [0.5, 0.6) is 0 Å². The zero-order valence-electron chi connectivity index (χ0n) is 11.6. The molecule has 1 aliphatic carbocycles. The Morgan fingerprint density at radius 2 is 1.90 bits per heavy atom. The second-order valence-corrected chi connectivity index (χ2v) is 5.98. The number of aliphatic hydroxyl groups is 4. The molecule has 2 aliphatic rings. The van der Waals surface area contributed by atoms with Crippen molar-refractivity contribution in [2.75, 3.05) is 19.1 Å². The fourth-order valence-electron chi connectivity index (χ4n) is 3.16. The van der Waals surface area contributed by atoms with Crippen molar-refractivity contribution in [1.29, 1.82) is 0 Å². The van der Waals surface area contributed by atoms with Crippen LogP contribution >= 0.6 is 11.6 Å². The molecular formula is C13H22ClNO6. The van der Waals surface area contributed by atoms with Gasteiger partial charge in [0.1, 0.15) is 24.2 Å². The number of rotatable bonds is 5. The fraction of sp³-hybridized carbons (Fsp3) is 0.923. The number of ether oxygens (including phenoxy) is 1. The Labute approximate surface area is 127 Å². The summed E-state index contributed by atoms with van der Waals surface area (Å²) in [4.78, 5) is 11.5. The lowest BCUT2D eigenvalue weighted by Gasteiger charge is -2.50. The lowest BCUT2D eigenvalue weighted by Crippen LogP contribution is -2.67. The molecule has 1 saturated heterocycles. The van der Waals surface area contributed by atoms with Crippen molar-refractivity contribution in [3.05, 3.63) is 0 Å². The second kappa shape index (κ2) is 7.21. The molecule has 0 aromatic rings. The van der Waals surface area contributed by atoms with Gasteiger partial charge in [-0.1, -0.05) is 0 Å². The molecule has 2 rings (SSSR count). The number of halogens is 1. The number of alkyl halides is 1. The SMILES string of the molecule is O=C(CCl)NC1C(O)C(O)C(CO)O[C@H]1C1CCC1CO. The normalized spacial score (nSPS) is 43.2. The highest BCUT2D eigenvalue weighted by Crippen LogP contribution is 2.41. The van der Waals surface area contributed by atoms with Crippen LogP contribution in [0.25, 0.3) is 0 Å². The monoisotopic (exact) mass is 323 g/mol. The third kappa shape index (κ3) is 3.33. The third-order valence-electron chi connectivity index (χ3n) is 4.55. The Kier molecular flexibility index (Phi) is 5.81. The maximum atomic E-state index is 11.5. The molecule has 8 heteroatoms. The molecule has 0 spiro atoms. The third-order valence-corrected chi connectivity index (χ3v) is 4.79. The molecule has 1 amide bonds. The summed E-state index contributed by atoms with van der Waals surface area (Å²) in [5.41, 5.74) is 0.